The number of pyridine rings is 1. The Morgan fingerprint density at radius 2 is 1.88 bits per heavy atom. The molecule has 1 aromatic carbocycles. The highest BCUT2D eigenvalue weighted by Gasteiger charge is 2.31. The third-order valence-electron chi connectivity index (χ3n) is 7.39. The molecular formula is C29H35N5O5S. The maximum Gasteiger partial charge on any atom is 0.239 e. The van der Waals surface area contributed by atoms with Crippen LogP contribution in [0.4, 0.5) is 5.82 Å². The summed E-state index contributed by atoms with van der Waals surface area (Å²) >= 11 is 0. The van der Waals surface area contributed by atoms with Crippen molar-refractivity contribution in [3.8, 4) is 6.07 Å². The number of ketones is 1. The Bertz CT molecular complexity index is 1400. The smallest absolute Gasteiger partial charge is 0.239 e. The number of piperidine rings is 1. The van der Waals surface area contributed by atoms with Crippen LogP contribution in [0.25, 0.3) is 0 Å². The molecule has 10 nitrogen and oxygen atoms in total. The fourth-order valence-electron chi connectivity index (χ4n) is 5.17. The molecular weight excluding hydrogens is 530 g/mol. The standard InChI is InChI=1S/C29H35N5O5S/c1-2-3-10-26(35)24-17-23(18-30)28(31-25(24)19-34-14-7-11-27(34)36)33-15-12-22(13-16-33)29(37)32-40(38,39)20-21-8-5-4-6-9-21/h4-6,8-9,17,22H,2-3,7,10-16,19-20H2,1H3,(H,32,37). The van der Waals surface area contributed by atoms with Gasteiger partial charge < -0.3 is 9.80 Å². The van der Waals surface area contributed by atoms with Gasteiger partial charge in [0.05, 0.1) is 23.6 Å². The molecule has 0 spiro atoms. The Morgan fingerprint density at radius 1 is 1.15 bits per heavy atom. The molecule has 0 aliphatic carbocycles. The molecule has 2 fully saturated rings. The van der Waals surface area contributed by atoms with E-state index in [0.29, 0.717) is 68.0 Å². The van der Waals surface area contributed by atoms with E-state index in [4.69, 9.17) is 4.98 Å². The number of Topliss-reactive ketones (excluding diaryl/α,β-unsaturated/α-hetero) is 1. The van der Waals surface area contributed by atoms with Crippen LogP contribution in [0.15, 0.2) is 36.4 Å². The molecule has 0 atom stereocenters. The van der Waals surface area contributed by atoms with Gasteiger partial charge in [-0.2, -0.15) is 5.26 Å². The molecule has 2 saturated heterocycles. The van der Waals surface area contributed by atoms with Crippen molar-refractivity contribution in [3.63, 3.8) is 0 Å². The lowest BCUT2D eigenvalue weighted by atomic mass is 9.95. The largest absolute Gasteiger partial charge is 0.355 e. The number of likely N-dealkylation sites (tertiary alicyclic amines) is 1. The molecule has 0 unspecified atom stereocenters. The Morgan fingerprint density at radius 3 is 2.50 bits per heavy atom. The summed E-state index contributed by atoms with van der Waals surface area (Å²) in [5.74, 6) is -0.955. The first-order chi connectivity index (χ1) is 19.2. The zero-order chi connectivity index (χ0) is 28.7. The van der Waals surface area contributed by atoms with Gasteiger partial charge in [0, 0.05) is 44.0 Å². The van der Waals surface area contributed by atoms with E-state index in [1.165, 1.54) is 0 Å². The highest BCUT2D eigenvalue weighted by Crippen LogP contribution is 2.29. The summed E-state index contributed by atoms with van der Waals surface area (Å²) in [5, 5.41) is 9.91. The van der Waals surface area contributed by atoms with Gasteiger partial charge in [0.1, 0.15) is 11.9 Å². The highest BCUT2D eigenvalue weighted by molar-refractivity contribution is 7.89. The molecule has 2 aliphatic rings. The monoisotopic (exact) mass is 565 g/mol. The number of carbonyl (C=O) groups excluding carboxylic acids is 3. The molecule has 2 aromatic rings. The van der Waals surface area contributed by atoms with Gasteiger partial charge >= 0.3 is 0 Å². The maximum atomic E-state index is 13.0. The van der Waals surface area contributed by atoms with Gasteiger partial charge in [-0.15, -0.1) is 0 Å². The average molecular weight is 566 g/mol. The second kappa shape index (κ2) is 13.0. The fourth-order valence-corrected chi connectivity index (χ4v) is 6.35. The third kappa shape index (κ3) is 7.24. The van der Waals surface area contributed by atoms with Gasteiger partial charge in [-0.05, 0) is 37.3 Å². The molecule has 40 heavy (non-hydrogen) atoms. The molecule has 4 rings (SSSR count). The van der Waals surface area contributed by atoms with Crippen LogP contribution >= 0.6 is 0 Å². The van der Waals surface area contributed by atoms with Crippen LogP contribution in [0.2, 0.25) is 0 Å². The Hall–Kier alpha value is -3.78. The summed E-state index contributed by atoms with van der Waals surface area (Å²) in [7, 11) is -3.83. The molecule has 3 heterocycles. The Balaban J connectivity index is 1.48. The molecule has 1 N–H and O–H groups in total. The van der Waals surface area contributed by atoms with Crippen molar-refractivity contribution in [1.29, 1.82) is 5.26 Å². The van der Waals surface area contributed by atoms with Crippen molar-refractivity contribution in [1.82, 2.24) is 14.6 Å². The van der Waals surface area contributed by atoms with Crippen molar-refractivity contribution >= 4 is 33.4 Å². The van der Waals surface area contributed by atoms with E-state index in [0.717, 1.165) is 19.3 Å². The van der Waals surface area contributed by atoms with Crippen LogP contribution in [0.5, 0.6) is 0 Å². The Kier molecular flexibility index (Phi) is 9.53. The Labute approximate surface area is 235 Å². The molecule has 1 aromatic heterocycles. The molecule has 2 aliphatic heterocycles. The lowest BCUT2D eigenvalue weighted by Crippen LogP contribution is -2.43. The summed E-state index contributed by atoms with van der Waals surface area (Å²) < 4.78 is 27.3. The molecule has 11 heteroatoms. The normalized spacial score (nSPS) is 16.1. The first kappa shape index (κ1) is 29.2. The zero-order valence-electron chi connectivity index (χ0n) is 22.8. The molecule has 0 radical (unpaired) electrons. The number of sulfonamides is 1. The number of benzene rings is 1. The van der Waals surface area contributed by atoms with Crippen LogP contribution < -0.4 is 9.62 Å². The minimum absolute atomic E-state index is 0.0220. The summed E-state index contributed by atoms with van der Waals surface area (Å²) in [6.45, 7) is 3.60. The van der Waals surface area contributed by atoms with Gasteiger partial charge in [0.25, 0.3) is 0 Å². The van der Waals surface area contributed by atoms with Crippen molar-refractivity contribution in [2.45, 2.75) is 64.2 Å². The second-order valence-corrected chi connectivity index (χ2v) is 12.1. The molecule has 212 valence electrons. The first-order valence-electron chi connectivity index (χ1n) is 13.8. The highest BCUT2D eigenvalue weighted by atomic mass is 32.2. The first-order valence-corrected chi connectivity index (χ1v) is 15.4. The zero-order valence-corrected chi connectivity index (χ0v) is 23.6. The van der Waals surface area contributed by atoms with Crippen molar-refractivity contribution in [2.75, 3.05) is 24.5 Å². The van der Waals surface area contributed by atoms with Crippen LogP contribution in [-0.2, 0) is 31.9 Å². The summed E-state index contributed by atoms with van der Waals surface area (Å²) in [6, 6.07) is 12.4. The predicted molar refractivity (Wildman–Crippen MR) is 150 cm³/mol. The number of aromatic nitrogens is 1. The van der Waals surface area contributed by atoms with E-state index in [1.54, 1.807) is 41.3 Å². The van der Waals surface area contributed by atoms with Crippen molar-refractivity contribution < 1.29 is 22.8 Å². The van der Waals surface area contributed by atoms with Crippen LogP contribution in [-0.4, -0.2) is 55.5 Å². The SMILES string of the molecule is CCCCC(=O)c1cc(C#N)c(N2CCC(C(=O)NS(=O)(=O)Cc3ccccc3)CC2)nc1CN1CCCC1=O. The van der Waals surface area contributed by atoms with Gasteiger partial charge in [0.15, 0.2) is 5.78 Å². The molecule has 0 saturated carbocycles. The number of nitriles is 1. The number of carbonyl (C=O) groups is 3. The number of amides is 2. The van der Waals surface area contributed by atoms with Gasteiger partial charge in [-0.1, -0.05) is 43.7 Å². The van der Waals surface area contributed by atoms with Gasteiger partial charge in [0.2, 0.25) is 21.8 Å². The van der Waals surface area contributed by atoms with E-state index in [-0.39, 0.29) is 29.6 Å². The van der Waals surface area contributed by atoms with Crippen LogP contribution in [0.1, 0.15) is 79.0 Å². The minimum Gasteiger partial charge on any atom is -0.355 e. The fraction of sp³-hybridized carbons (Fsp3) is 0.483. The van der Waals surface area contributed by atoms with E-state index in [1.807, 2.05) is 11.8 Å². The number of unbranched alkanes of at least 4 members (excludes halogenated alkanes) is 1. The lowest BCUT2D eigenvalue weighted by Gasteiger charge is -2.33. The van der Waals surface area contributed by atoms with Crippen LogP contribution in [0, 0.1) is 17.2 Å². The van der Waals surface area contributed by atoms with E-state index in [2.05, 4.69) is 10.8 Å². The number of hydrogen-bond donors (Lipinski definition) is 1. The number of anilines is 1. The van der Waals surface area contributed by atoms with E-state index in [9.17, 15) is 28.1 Å². The predicted octanol–water partition coefficient (Wildman–Crippen LogP) is 3.31. The summed E-state index contributed by atoms with van der Waals surface area (Å²) in [5.41, 5.74) is 1.73. The van der Waals surface area contributed by atoms with Crippen molar-refractivity contribution in [3.05, 3.63) is 58.8 Å². The summed E-state index contributed by atoms with van der Waals surface area (Å²) in [6.07, 6.45) is 3.93. The quantitative estimate of drug-likeness (QED) is 0.409. The van der Waals surface area contributed by atoms with Gasteiger partial charge in [-0.25, -0.2) is 13.4 Å². The second-order valence-electron chi connectivity index (χ2n) is 10.4. The maximum absolute atomic E-state index is 13.0. The topological polar surface area (TPSA) is 141 Å². The van der Waals surface area contributed by atoms with E-state index < -0.39 is 21.8 Å². The molecule has 0 bridgehead atoms. The van der Waals surface area contributed by atoms with E-state index >= 15 is 0 Å². The summed E-state index contributed by atoms with van der Waals surface area (Å²) in [4.78, 5) is 46.5. The van der Waals surface area contributed by atoms with Crippen molar-refractivity contribution in [2.24, 2.45) is 5.92 Å². The number of rotatable bonds is 11. The molecule has 2 amide bonds. The van der Waals surface area contributed by atoms with Crippen LogP contribution in [0.3, 0.4) is 0 Å². The average Bonchev–Trinajstić information content (AvgIpc) is 3.35. The minimum atomic E-state index is -3.83. The van der Waals surface area contributed by atoms with Gasteiger partial charge in [-0.3, -0.25) is 19.1 Å². The number of hydrogen-bond acceptors (Lipinski definition) is 8. The third-order valence-corrected chi connectivity index (χ3v) is 8.62. The number of nitrogens with one attached hydrogen (secondary N) is 1. The number of nitrogens with zero attached hydrogens (tertiary/aromatic N) is 4. The lowest BCUT2D eigenvalue weighted by molar-refractivity contribution is -0.128.